The van der Waals surface area contributed by atoms with Gasteiger partial charge in [0.2, 0.25) is 0 Å². The molecule has 0 aliphatic heterocycles. The minimum atomic E-state index is 0.582. The van der Waals surface area contributed by atoms with Gasteiger partial charge in [0.15, 0.2) is 0 Å². The summed E-state index contributed by atoms with van der Waals surface area (Å²) in [6.07, 6.45) is 1.88. The lowest BCUT2D eigenvalue weighted by atomic mass is 10.1. The smallest absolute Gasteiger partial charge is 0.0239 e. The molecule has 0 aromatic heterocycles. The molecular weight excluding hydrogens is 194 g/mol. The summed E-state index contributed by atoms with van der Waals surface area (Å²) in [5, 5.41) is 0. The monoisotopic (exact) mass is 217 g/mol. The van der Waals surface area contributed by atoms with Crippen LogP contribution in [0.15, 0.2) is 30.8 Å². The molecule has 0 heterocycles. The van der Waals surface area contributed by atoms with Gasteiger partial charge in [-0.1, -0.05) is 36.9 Å². The van der Waals surface area contributed by atoms with Crippen LogP contribution in [0.4, 0.5) is 0 Å². The summed E-state index contributed by atoms with van der Waals surface area (Å²) in [7, 11) is 0. The zero-order chi connectivity index (χ0) is 12.1. The van der Waals surface area contributed by atoms with Crippen molar-refractivity contribution < 1.29 is 0 Å². The molecule has 0 fully saturated rings. The minimum Gasteiger partial charge on any atom is -0.294 e. The molecule has 1 heteroatoms. The molecule has 0 bridgehead atoms. The molecule has 1 aromatic carbocycles. The molecule has 16 heavy (non-hydrogen) atoms. The molecule has 88 valence electrons. The van der Waals surface area contributed by atoms with Crippen molar-refractivity contribution >= 4 is 6.08 Å². The summed E-state index contributed by atoms with van der Waals surface area (Å²) in [5.41, 5.74) is 2.55. The first-order valence-electron chi connectivity index (χ1n) is 6.01. The van der Waals surface area contributed by atoms with Crippen molar-refractivity contribution in [3.63, 3.8) is 0 Å². The van der Waals surface area contributed by atoms with Crippen LogP contribution >= 0.6 is 0 Å². The second-order valence-electron chi connectivity index (χ2n) is 4.81. The number of benzene rings is 1. The first-order chi connectivity index (χ1) is 7.54. The van der Waals surface area contributed by atoms with Crippen LogP contribution in [0.25, 0.3) is 6.08 Å². The first kappa shape index (κ1) is 13.0. The molecule has 1 rings (SSSR count). The molecule has 0 atom stereocenters. The van der Waals surface area contributed by atoms with Crippen LogP contribution in [0.3, 0.4) is 0 Å². The van der Waals surface area contributed by atoms with E-state index in [0.29, 0.717) is 12.1 Å². The second-order valence-corrected chi connectivity index (χ2v) is 4.81. The Bertz CT molecular complexity index is 314. The molecule has 0 saturated heterocycles. The van der Waals surface area contributed by atoms with Crippen LogP contribution in [0, 0.1) is 0 Å². The largest absolute Gasteiger partial charge is 0.294 e. The maximum atomic E-state index is 3.77. The average Bonchev–Trinajstić information content (AvgIpc) is 2.25. The second kappa shape index (κ2) is 5.86. The topological polar surface area (TPSA) is 3.24 Å². The van der Waals surface area contributed by atoms with Gasteiger partial charge in [-0.3, -0.25) is 4.90 Å². The van der Waals surface area contributed by atoms with E-state index in [4.69, 9.17) is 0 Å². The van der Waals surface area contributed by atoms with Crippen molar-refractivity contribution in [1.82, 2.24) is 4.90 Å². The van der Waals surface area contributed by atoms with Crippen LogP contribution in [0.2, 0.25) is 0 Å². The fourth-order valence-electron chi connectivity index (χ4n) is 1.93. The molecular formula is C15H23N. The Kier molecular flexibility index (Phi) is 4.75. The highest BCUT2D eigenvalue weighted by atomic mass is 15.2. The molecule has 0 spiro atoms. The molecule has 0 aliphatic rings. The van der Waals surface area contributed by atoms with E-state index >= 15 is 0 Å². The van der Waals surface area contributed by atoms with Gasteiger partial charge in [0.05, 0.1) is 0 Å². The van der Waals surface area contributed by atoms with Crippen molar-refractivity contribution in [2.75, 3.05) is 0 Å². The van der Waals surface area contributed by atoms with Crippen LogP contribution in [0.1, 0.15) is 38.8 Å². The Balaban J connectivity index is 2.73. The van der Waals surface area contributed by atoms with Gasteiger partial charge >= 0.3 is 0 Å². The van der Waals surface area contributed by atoms with Gasteiger partial charge in [0, 0.05) is 18.6 Å². The first-order valence-corrected chi connectivity index (χ1v) is 6.01. The van der Waals surface area contributed by atoms with Gasteiger partial charge in [0.1, 0.15) is 0 Å². The zero-order valence-electron chi connectivity index (χ0n) is 10.9. The van der Waals surface area contributed by atoms with Crippen molar-refractivity contribution in [2.45, 2.75) is 46.3 Å². The van der Waals surface area contributed by atoms with Crippen molar-refractivity contribution in [3.05, 3.63) is 42.0 Å². The fourth-order valence-corrected chi connectivity index (χ4v) is 1.93. The molecule has 0 aliphatic carbocycles. The summed E-state index contributed by atoms with van der Waals surface area (Å²) in [6, 6.07) is 9.80. The van der Waals surface area contributed by atoms with Crippen molar-refractivity contribution in [3.8, 4) is 0 Å². The van der Waals surface area contributed by atoms with Crippen LogP contribution < -0.4 is 0 Å². The predicted octanol–water partition coefficient (Wildman–Crippen LogP) is 3.95. The third-order valence-corrected chi connectivity index (χ3v) is 2.91. The maximum Gasteiger partial charge on any atom is 0.0239 e. The summed E-state index contributed by atoms with van der Waals surface area (Å²) in [5.74, 6) is 0. The van der Waals surface area contributed by atoms with E-state index in [1.807, 2.05) is 6.08 Å². The third kappa shape index (κ3) is 3.49. The van der Waals surface area contributed by atoms with Crippen LogP contribution in [-0.4, -0.2) is 17.0 Å². The SMILES string of the molecule is C=Cc1ccc(CN(C(C)C)C(C)C)cc1. The summed E-state index contributed by atoms with van der Waals surface area (Å²) in [6.45, 7) is 13.8. The quantitative estimate of drug-likeness (QED) is 0.722. The molecule has 0 saturated carbocycles. The highest BCUT2D eigenvalue weighted by molar-refractivity contribution is 5.47. The summed E-state index contributed by atoms with van der Waals surface area (Å²) in [4.78, 5) is 2.49. The summed E-state index contributed by atoms with van der Waals surface area (Å²) < 4.78 is 0. The minimum absolute atomic E-state index is 0.582. The molecule has 0 amide bonds. The van der Waals surface area contributed by atoms with Crippen LogP contribution in [-0.2, 0) is 6.54 Å². The van der Waals surface area contributed by atoms with Gasteiger partial charge < -0.3 is 0 Å². The maximum absolute atomic E-state index is 3.77. The van der Waals surface area contributed by atoms with Gasteiger partial charge in [-0.25, -0.2) is 0 Å². The Labute approximate surface area is 99.8 Å². The highest BCUT2D eigenvalue weighted by Crippen LogP contribution is 2.13. The molecule has 0 unspecified atom stereocenters. The van der Waals surface area contributed by atoms with Gasteiger partial charge in [-0.2, -0.15) is 0 Å². The standard InChI is InChI=1S/C15H23N/c1-6-14-7-9-15(10-8-14)11-16(12(2)3)13(4)5/h6-10,12-13H,1,11H2,2-5H3. The fraction of sp³-hybridized carbons (Fsp3) is 0.467. The highest BCUT2D eigenvalue weighted by Gasteiger charge is 2.13. The zero-order valence-corrected chi connectivity index (χ0v) is 10.9. The van der Waals surface area contributed by atoms with E-state index in [0.717, 1.165) is 6.54 Å². The third-order valence-electron chi connectivity index (χ3n) is 2.91. The molecule has 1 aromatic rings. The molecule has 0 radical (unpaired) electrons. The van der Waals surface area contributed by atoms with E-state index in [-0.39, 0.29) is 0 Å². The van der Waals surface area contributed by atoms with E-state index < -0.39 is 0 Å². The van der Waals surface area contributed by atoms with Crippen molar-refractivity contribution in [1.29, 1.82) is 0 Å². The number of hydrogen-bond acceptors (Lipinski definition) is 1. The van der Waals surface area contributed by atoms with Crippen LogP contribution in [0.5, 0.6) is 0 Å². The van der Waals surface area contributed by atoms with Gasteiger partial charge in [-0.15, -0.1) is 0 Å². The Morgan fingerprint density at radius 3 is 1.94 bits per heavy atom. The molecule has 0 N–H and O–H groups in total. The van der Waals surface area contributed by atoms with Gasteiger partial charge in [-0.05, 0) is 38.8 Å². The lowest BCUT2D eigenvalue weighted by Crippen LogP contribution is -2.36. The van der Waals surface area contributed by atoms with E-state index in [2.05, 4.69) is 63.4 Å². The van der Waals surface area contributed by atoms with E-state index in [9.17, 15) is 0 Å². The van der Waals surface area contributed by atoms with Crippen molar-refractivity contribution in [2.24, 2.45) is 0 Å². The number of rotatable bonds is 5. The van der Waals surface area contributed by atoms with E-state index in [1.165, 1.54) is 11.1 Å². The number of nitrogens with zero attached hydrogens (tertiary/aromatic N) is 1. The summed E-state index contributed by atoms with van der Waals surface area (Å²) >= 11 is 0. The Hall–Kier alpha value is -1.08. The normalized spacial score (nSPS) is 11.4. The number of hydrogen-bond donors (Lipinski definition) is 0. The van der Waals surface area contributed by atoms with E-state index in [1.54, 1.807) is 0 Å². The Morgan fingerprint density at radius 1 is 1.06 bits per heavy atom. The predicted molar refractivity (Wildman–Crippen MR) is 72.3 cm³/mol. The average molecular weight is 217 g/mol. The lowest BCUT2D eigenvalue weighted by Gasteiger charge is -2.30. The lowest BCUT2D eigenvalue weighted by molar-refractivity contribution is 0.166. The Morgan fingerprint density at radius 2 is 1.56 bits per heavy atom. The van der Waals surface area contributed by atoms with Gasteiger partial charge in [0.25, 0.3) is 0 Å². The molecule has 1 nitrogen and oxygen atoms in total.